The summed E-state index contributed by atoms with van der Waals surface area (Å²) in [5.41, 5.74) is 1.21. The predicted octanol–water partition coefficient (Wildman–Crippen LogP) is 3.71. The first-order valence-electron chi connectivity index (χ1n) is 8.41. The molecule has 1 aliphatic heterocycles. The zero-order chi connectivity index (χ0) is 17.2. The summed E-state index contributed by atoms with van der Waals surface area (Å²) in [6.07, 6.45) is 3.61. The Morgan fingerprint density at radius 1 is 1.08 bits per heavy atom. The molecule has 0 N–H and O–H groups in total. The molecule has 1 unspecified atom stereocenters. The van der Waals surface area contributed by atoms with Gasteiger partial charge in [-0.3, -0.25) is 0 Å². The highest BCUT2D eigenvalue weighted by molar-refractivity contribution is 5.58. The van der Waals surface area contributed by atoms with Crippen molar-refractivity contribution in [1.29, 1.82) is 0 Å². The summed E-state index contributed by atoms with van der Waals surface area (Å²) in [6, 6.07) is 10.2. The van der Waals surface area contributed by atoms with Crippen LogP contribution in [-0.4, -0.2) is 32.9 Å². The fourth-order valence-corrected chi connectivity index (χ4v) is 3.07. The molecule has 0 saturated carbocycles. The Hall–Kier alpha value is -2.83. The van der Waals surface area contributed by atoms with Crippen molar-refractivity contribution < 1.29 is 8.91 Å². The zero-order valence-corrected chi connectivity index (χ0v) is 13.9. The Kier molecular flexibility index (Phi) is 4.13. The van der Waals surface area contributed by atoms with Crippen LogP contribution >= 0.6 is 0 Å². The van der Waals surface area contributed by atoms with E-state index in [0.29, 0.717) is 29.0 Å². The number of benzene rings is 1. The third-order valence-corrected chi connectivity index (χ3v) is 4.50. The summed E-state index contributed by atoms with van der Waals surface area (Å²) in [7, 11) is 0. The van der Waals surface area contributed by atoms with Crippen molar-refractivity contribution in [3.05, 3.63) is 42.2 Å². The van der Waals surface area contributed by atoms with Gasteiger partial charge in [-0.25, -0.2) is 4.39 Å². The minimum Gasteiger partial charge on any atom is -0.352 e. The van der Waals surface area contributed by atoms with Crippen LogP contribution in [0.2, 0.25) is 0 Å². The van der Waals surface area contributed by atoms with Crippen molar-refractivity contribution in [3.63, 3.8) is 0 Å². The minimum atomic E-state index is -0.305. The van der Waals surface area contributed by atoms with Crippen molar-refractivity contribution in [2.45, 2.75) is 32.2 Å². The van der Waals surface area contributed by atoms with Gasteiger partial charge in [0.1, 0.15) is 5.82 Å². The molecule has 7 heteroatoms. The molecule has 25 heavy (non-hydrogen) atoms. The maximum Gasteiger partial charge on any atom is 0.278 e. The second-order valence-electron chi connectivity index (χ2n) is 6.25. The van der Waals surface area contributed by atoms with Gasteiger partial charge < -0.3 is 9.42 Å². The Bertz CT molecular complexity index is 847. The van der Waals surface area contributed by atoms with Crippen LogP contribution in [0.15, 0.2) is 40.9 Å². The lowest BCUT2D eigenvalue weighted by Crippen LogP contribution is -2.38. The molecule has 0 spiro atoms. The molecular formula is C18H18FN5O. The van der Waals surface area contributed by atoms with E-state index in [-0.39, 0.29) is 5.82 Å². The van der Waals surface area contributed by atoms with Gasteiger partial charge in [0, 0.05) is 18.2 Å². The van der Waals surface area contributed by atoms with Gasteiger partial charge in [-0.2, -0.15) is 4.98 Å². The quantitative estimate of drug-likeness (QED) is 0.724. The van der Waals surface area contributed by atoms with Crippen LogP contribution in [0.1, 0.15) is 26.2 Å². The highest BCUT2D eigenvalue weighted by Gasteiger charge is 2.20. The molecular weight excluding hydrogens is 321 g/mol. The van der Waals surface area contributed by atoms with Crippen LogP contribution in [0.5, 0.6) is 0 Å². The predicted molar refractivity (Wildman–Crippen MR) is 91.4 cm³/mol. The van der Waals surface area contributed by atoms with Crippen molar-refractivity contribution in [1.82, 2.24) is 20.3 Å². The second kappa shape index (κ2) is 6.58. The SMILES string of the molecule is CC1CCCCN1c1ccc(-c2nc(-c3ccc(F)cc3)no2)nn1. The number of aromatic nitrogens is 4. The lowest BCUT2D eigenvalue weighted by Gasteiger charge is -2.33. The molecule has 1 saturated heterocycles. The number of rotatable bonds is 3. The molecule has 1 atom stereocenters. The Balaban J connectivity index is 1.55. The summed E-state index contributed by atoms with van der Waals surface area (Å²) in [6.45, 7) is 3.21. The van der Waals surface area contributed by atoms with E-state index < -0.39 is 0 Å². The number of hydrogen-bond acceptors (Lipinski definition) is 6. The summed E-state index contributed by atoms with van der Waals surface area (Å²) < 4.78 is 18.3. The maximum absolute atomic E-state index is 13.0. The molecule has 4 rings (SSSR count). The summed E-state index contributed by atoms with van der Waals surface area (Å²) in [5, 5.41) is 12.5. The van der Waals surface area contributed by atoms with Gasteiger partial charge in [-0.05, 0) is 62.6 Å². The first kappa shape index (κ1) is 15.7. The van der Waals surface area contributed by atoms with E-state index in [1.54, 1.807) is 12.1 Å². The molecule has 1 fully saturated rings. The van der Waals surface area contributed by atoms with Gasteiger partial charge in [0.05, 0.1) is 0 Å². The Morgan fingerprint density at radius 2 is 1.92 bits per heavy atom. The van der Waals surface area contributed by atoms with Gasteiger partial charge in [0.25, 0.3) is 5.89 Å². The highest BCUT2D eigenvalue weighted by atomic mass is 19.1. The van der Waals surface area contributed by atoms with E-state index in [9.17, 15) is 4.39 Å². The number of nitrogens with zero attached hydrogens (tertiary/aromatic N) is 5. The van der Waals surface area contributed by atoms with Gasteiger partial charge in [-0.15, -0.1) is 10.2 Å². The molecule has 1 aromatic carbocycles. The number of hydrogen-bond donors (Lipinski definition) is 0. The topological polar surface area (TPSA) is 67.9 Å². The smallest absolute Gasteiger partial charge is 0.278 e. The molecule has 0 amide bonds. The lowest BCUT2D eigenvalue weighted by molar-refractivity contribution is 0.430. The van der Waals surface area contributed by atoms with E-state index in [4.69, 9.17) is 4.52 Å². The fourth-order valence-electron chi connectivity index (χ4n) is 3.07. The summed E-state index contributed by atoms with van der Waals surface area (Å²) in [4.78, 5) is 6.60. The first-order chi connectivity index (χ1) is 12.2. The number of anilines is 1. The fraction of sp³-hybridized carbons (Fsp3) is 0.333. The standard InChI is InChI=1S/C18H18FN5O/c1-12-4-2-3-11-24(12)16-10-9-15(21-22-16)18-20-17(23-25-18)13-5-7-14(19)8-6-13/h5-10,12H,2-4,11H2,1H3. The molecule has 1 aliphatic rings. The van der Waals surface area contributed by atoms with E-state index >= 15 is 0 Å². The van der Waals surface area contributed by atoms with Crippen LogP contribution in [0.3, 0.4) is 0 Å². The largest absolute Gasteiger partial charge is 0.352 e. The number of halogens is 1. The van der Waals surface area contributed by atoms with Gasteiger partial charge >= 0.3 is 0 Å². The normalized spacial score (nSPS) is 17.7. The average molecular weight is 339 g/mol. The van der Waals surface area contributed by atoms with Gasteiger partial charge in [0.15, 0.2) is 11.5 Å². The van der Waals surface area contributed by atoms with Crippen molar-refractivity contribution >= 4 is 5.82 Å². The van der Waals surface area contributed by atoms with E-state index in [2.05, 4.69) is 32.2 Å². The third-order valence-electron chi connectivity index (χ3n) is 4.50. The second-order valence-corrected chi connectivity index (χ2v) is 6.25. The molecule has 2 aromatic heterocycles. The van der Waals surface area contributed by atoms with E-state index in [1.807, 2.05) is 12.1 Å². The molecule has 3 aromatic rings. The summed E-state index contributed by atoms with van der Waals surface area (Å²) >= 11 is 0. The third kappa shape index (κ3) is 3.22. The van der Waals surface area contributed by atoms with E-state index in [0.717, 1.165) is 12.4 Å². The summed E-state index contributed by atoms with van der Waals surface area (Å²) in [5.74, 6) is 1.26. The van der Waals surface area contributed by atoms with Gasteiger partial charge in [-0.1, -0.05) is 5.16 Å². The van der Waals surface area contributed by atoms with Crippen LogP contribution < -0.4 is 4.90 Å². The number of piperidine rings is 1. The van der Waals surface area contributed by atoms with Crippen LogP contribution in [-0.2, 0) is 0 Å². The average Bonchev–Trinajstić information content (AvgIpc) is 3.13. The Morgan fingerprint density at radius 3 is 2.64 bits per heavy atom. The van der Waals surface area contributed by atoms with Crippen LogP contribution in [0.25, 0.3) is 23.0 Å². The van der Waals surface area contributed by atoms with Crippen molar-refractivity contribution in [3.8, 4) is 23.0 Å². The first-order valence-corrected chi connectivity index (χ1v) is 8.41. The molecule has 3 heterocycles. The molecule has 0 aliphatic carbocycles. The lowest BCUT2D eigenvalue weighted by atomic mass is 10.0. The molecule has 0 radical (unpaired) electrons. The monoisotopic (exact) mass is 339 g/mol. The molecule has 128 valence electrons. The van der Waals surface area contributed by atoms with E-state index in [1.165, 1.54) is 31.4 Å². The highest BCUT2D eigenvalue weighted by Crippen LogP contribution is 2.25. The van der Waals surface area contributed by atoms with Crippen molar-refractivity contribution in [2.24, 2.45) is 0 Å². The molecule has 6 nitrogen and oxygen atoms in total. The van der Waals surface area contributed by atoms with Crippen molar-refractivity contribution in [2.75, 3.05) is 11.4 Å². The Labute approximate surface area is 144 Å². The maximum atomic E-state index is 13.0. The van der Waals surface area contributed by atoms with Gasteiger partial charge in [0.2, 0.25) is 5.82 Å². The minimum absolute atomic E-state index is 0.296. The zero-order valence-electron chi connectivity index (χ0n) is 13.9. The van der Waals surface area contributed by atoms with Crippen LogP contribution in [0.4, 0.5) is 10.2 Å². The molecule has 0 bridgehead atoms. The van der Waals surface area contributed by atoms with Crippen LogP contribution in [0, 0.1) is 5.82 Å².